The first-order valence-electron chi connectivity index (χ1n) is 9.04. The van der Waals surface area contributed by atoms with E-state index in [1.807, 2.05) is 6.07 Å². The molecule has 2 heterocycles. The second-order valence-corrected chi connectivity index (χ2v) is 8.81. The normalized spacial score (nSPS) is 16.6. The molecule has 1 aliphatic rings. The number of aryl methyl sites for hydroxylation is 1. The van der Waals surface area contributed by atoms with Gasteiger partial charge in [-0.15, -0.1) is 0 Å². The number of imidazole rings is 1. The maximum absolute atomic E-state index is 13.0. The highest BCUT2D eigenvalue weighted by atomic mass is 32.2. The molecule has 1 saturated carbocycles. The van der Waals surface area contributed by atoms with E-state index in [1.165, 1.54) is 0 Å². The highest BCUT2D eigenvalue weighted by molar-refractivity contribution is 7.91. The number of hydrogen-bond acceptors (Lipinski definition) is 4. The number of alkyl halides is 3. The average molecular weight is 418 g/mol. The van der Waals surface area contributed by atoms with Crippen LogP contribution in [0, 0.1) is 11.3 Å². The number of rotatable bonds is 4. The van der Waals surface area contributed by atoms with Crippen molar-refractivity contribution in [1.82, 2.24) is 14.5 Å². The number of aromatic nitrogens is 3. The Labute approximate surface area is 168 Å². The molecule has 0 bridgehead atoms. The topological polar surface area (TPSA) is 77.6 Å². The van der Waals surface area contributed by atoms with Gasteiger partial charge >= 0.3 is 6.18 Å². The summed E-state index contributed by atoms with van der Waals surface area (Å²) in [5, 5.41) is 9.47. The van der Waals surface area contributed by atoms with Gasteiger partial charge in [0.2, 0.25) is 0 Å². The van der Waals surface area contributed by atoms with Gasteiger partial charge in [0.25, 0.3) is 0 Å². The molecule has 0 spiro atoms. The van der Waals surface area contributed by atoms with Crippen LogP contribution in [0.1, 0.15) is 30.9 Å². The largest absolute Gasteiger partial charge is 0.611 e. The van der Waals surface area contributed by atoms with Gasteiger partial charge < -0.3 is 9.12 Å². The smallest absolute Gasteiger partial charge is 0.417 e. The third-order valence-corrected chi connectivity index (χ3v) is 6.64. The summed E-state index contributed by atoms with van der Waals surface area (Å²) in [4.78, 5) is 8.82. The number of halogens is 3. The van der Waals surface area contributed by atoms with Crippen LogP contribution in [0.15, 0.2) is 35.4 Å². The summed E-state index contributed by atoms with van der Waals surface area (Å²) in [5.74, 6) is 0.758. The van der Waals surface area contributed by atoms with Crippen LogP contribution >= 0.6 is 0 Å². The van der Waals surface area contributed by atoms with Crippen LogP contribution in [-0.2, 0) is 29.8 Å². The molecule has 5 nitrogen and oxygen atoms in total. The van der Waals surface area contributed by atoms with Crippen molar-refractivity contribution in [2.24, 2.45) is 7.05 Å². The molecule has 0 aliphatic heterocycles. The van der Waals surface area contributed by atoms with Crippen molar-refractivity contribution in [3.8, 4) is 17.5 Å². The Balaban J connectivity index is 1.88. The van der Waals surface area contributed by atoms with Crippen molar-refractivity contribution < 1.29 is 17.7 Å². The van der Waals surface area contributed by atoms with Gasteiger partial charge in [0.1, 0.15) is 17.1 Å². The summed E-state index contributed by atoms with van der Waals surface area (Å²) in [6, 6.07) is 8.64. The maximum atomic E-state index is 13.0. The summed E-state index contributed by atoms with van der Waals surface area (Å²) < 4.78 is 53.4. The second kappa shape index (κ2) is 6.75. The number of benzene rings is 1. The van der Waals surface area contributed by atoms with E-state index >= 15 is 0 Å². The lowest BCUT2D eigenvalue weighted by Crippen LogP contribution is -2.11. The van der Waals surface area contributed by atoms with E-state index in [-0.39, 0.29) is 5.52 Å². The van der Waals surface area contributed by atoms with E-state index < -0.39 is 28.3 Å². The van der Waals surface area contributed by atoms with Crippen molar-refractivity contribution in [3.63, 3.8) is 0 Å². The van der Waals surface area contributed by atoms with Crippen LogP contribution in [0.25, 0.3) is 22.6 Å². The molecule has 1 atom stereocenters. The van der Waals surface area contributed by atoms with E-state index in [4.69, 9.17) is 0 Å². The molecule has 0 amide bonds. The third-order valence-electron chi connectivity index (χ3n) is 5.28. The summed E-state index contributed by atoms with van der Waals surface area (Å²) in [6.45, 7) is 1.79. The van der Waals surface area contributed by atoms with Crippen molar-refractivity contribution in [2.45, 2.75) is 36.3 Å². The van der Waals surface area contributed by atoms with E-state index in [0.29, 0.717) is 27.7 Å². The van der Waals surface area contributed by atoms with E-state index in [0.717, 1.165) is 30.7 Å². The van der Waals surface area contributed by atoms with E-state index in [2.05, 4.69) is 16.0 Å². The fourth-order valence-electron chi connectivity index (χ4n) is 3.41. The van der Waals surface area contributed by atoms with Crippen LogP contribution in [0.3, 0.4) is 0 Å². The molecule has 1 aliphatic carbocycles. The predicted molar refractivity (Wildman–Crippen MR) is 102 cm³/mol. The Morgan fingerprint density at radius 3 is 2.62 bits per heavy atom. The van der Waals surface area contributed by atoms with Crippen LogP contribution in [0.2, 0.25) is 0 Å². The molecule has 4 rings (SSSR count). The zero-order valence-corrected chi connectivity index (χ0v) is 16.6. The number of pyridine rings is 1. The maximum Gasteiger partial charge on any atom is 0.417 e. The van der Waals surface area contributed by atoms with E-state index in [9.17, 15) is 23.0 Å². The molecule has 3 aromatic rings. The first kappa shape index (κ1) is 19.7. The molecule has 29 heavy (non-hydrogen) atoms. The minimum atomic E-state index is -4.51. The van der Waals surface area contributed by atoms with Crippen molar-refractivity contribution in [2.75, 3.05) is 5.75 Å². The minimum absolute atomic E-state index is 0.116. The molecule has 2 aromatic heterocycles. The fraction of sp³-hybridized carbons (Fsp3) is 0.350. The SMILES string of the molecule is CC[S@@+]([O-])c1cc(C2(C#N)CC2)ccc1-c1nc2cc(C(F)(F)F)cnc2n1C. The number of hydrogen-bond donors (Lipinski definition) is 0. The molecule has 0 saturated heterocycles. The lowest BCUT2D eigenvalue weighted by Gasteiger charge is -2.15. The molecule has 9 heteroatoms. The molecular weight excluding hydrogens is 401 g/mol. The Hall–Kier alpha value is -2.57. The standard InChI is InChI=1S/C20H17F3N4OS/c1-3-29(28)16-9-12(19(11-24)6-7-19)4-5-14(16)17-26-15-8-13(20(21,22)23)10-25-18(15)27(17)2/h4-5,8-10H,3,6-7H2,1-2H3/t29-/m1/s1. The Kier molecular flexibility index (Phi) is 4.59. The zero-order chi connectivity index (χ0) is 21.0. The Morgan fingerprint density at radius 1 is 1.31 bits per heavy atom. The third kappa shape index (κ3) is 3.26. The molecular formula is C20H17F3N4OS. The van der Waals surface area contributed by atoms with Crippen LogP contribution < -0.4 is 0 Å². The summed E-state index contributed by atoms with van der Waals surface area (Å²) in [5.41, 5.74) is 0.410. The number of nitriles is 1. The van der Waals surface area contributed by atoms with E-state index in [1.54, 1.807) is 30.7 Å². The van der Waals surface area contributed by atoms with Gasteiger partial charge in [-0.3, -0.25) is 0 Å². The molecule has 0 radical (unpaired) electrons. The van der Waals surface area contributed by atoms with Crippen molar-refractivity contribution >= 4 is 22.3 Å². The van der Waals surface area contributed by atoms with Gasteiger partial charge in [0.05, 0.1) is 22.6 Å². The summed E-state index contributed by atoms with van der Waals surface area (Å²) in [6.07, 6.45) is -2.20. The van der Waals surface area contributed by atoms with Gasteiger partial charge in [-0.25, -0.2) is 9.97 Å². The predicted octanol–water partition coefficient (Wildman–Crippen LogP) is 4.34. The Morgan fingerprint density at radius 2 is 2.03 bits per heavy atom. The van der Waals surface area contributed by atoms with Crippen LogP contribution in [-0.4, -0.2) is 24.8 Å². The highest BCUT2D eigenvalue weighted by Crippen LogP contribution is 2.48. The van der Waals surface area contributed by atoms with Gasteiger partial charge in [0.15, 0.2) is 10.5 Å². The first-order chi connectivity index (χ1) is 13.7. The molecule has 0 unspecified atom stereocenters. The first-order valence-corrected chi connectivity index (χ1v) is 10.4. The van der Waals surface area contributed by atoms with Gasteiger partial charge in [-0.2, -0.15) is 18.4 Å². The lowest BCUT2D eigenvalue weighted by atomic mass is 9.96. The highest BCUT2D eigenvalue weighted by Gasteiger charge is 2.45. The van der Waals surface area contributed by atoms with Gasteiger partial charge in [0, 0.05) is 13.2 Å². The summed E-state index contributed by atoms with van der Waals surface area (Å²) >= 11 is -1.33. The minimum Gasteiger partial charge on any atom is -0.611 e. The van der Waals surface area contributed by atoms with Gasteiger partial charge in [-0.1, -0.05) is 6.07 Å². The van der Waals surface area contributed by atoms with Crippen LogP contribution in [0.5, 0.6) is 0 Å². The second-order valence-electron chi connectivity index (χ2n) is 7.10. The van der Waals surface area contributed by atoms with Gasteiger partial charge in [-0.05, 0) is 54.7 Å². The monoisotopic (exact) mass is 418 g/mol. The average Bonchev–Trinajstić information content (AvgIpc) is 3.44. The molecule has 1 aromatic carbocycles. The van der Waals surface area contributed by atoms with Crippen molar-refractivity contribution in [1.29, 1.82) is 5.26 Å². The zero-order valence-electron chi connectivity index (χ0n) is 15.7. The molecule has 1 fully saturated rings. The van der Waals surface area contributed by atoms with Crippen molar-refractivity contribution in [3.05, 3.63) is 41.6 Å². The fourth-order valence-corrected chi connectivity index (χ4v) is 4.38. The Bertz CT molecular complexity index is 1150. The van der Waals surface area contributed by atoms with Crippen LogP contribution in [0.4, 0.5) is 13.2 Å². The summed E-state index contributed by atoms with van der Waals surface area (Å²) in [7, 11) is 1.66. The number of nitrogens with zero attached hydrogens (tertiary/aromatic N) is 4. The molecule has 150 valence electrons. The lowest BCUT2D eigenvalue weighted by molar-refractivity contribution is -0.137. The quantitative estimate of drug-likeness (QED) is 0.591. The number of fused-ring (bicyclic) bond motifs is 1. The molecule has 0 N–H and O–H groups in total.